The summed E-state index contributed by atoms with van der Waals surface area (Å²) in [6.07, 6.45) is 12.3. The number of aliphatic hydroxyl groups excluding tert-OH is 1. The molecule has 0 spiro atoms. The molecule has 0 aromatic rings. The van der Waals surface area contributed by atoms with Crippen molar-refractivity contribution in [1.82, 2.24) is 0 Å². The Morgan fingerprint density at radius 1 is 1.06 bits per heavy atom. The lowest BCUT2D eigenvalue weighted by Gasteiger charge is -2.55. The number of rotatable bonds is 5. The SMILES string of the molecule is C=CCCCC(O)C1C2CC3CC(C2)CC1C3. The Balaban J connectivity index is 1.61. The molecule has 0 aliphatic heterocycles. The van der Waals surface area contributed by atoms with E-state index < -0.39 is 0 Å². The van der Waals surface area contributed by atoms with E-state index in [-0.39, 0.29) is 6.10 Å². The molecule has 0 heterocycles. The van der Waals surface area contributed by atoms with Crippen LogP contribution < -0.4 is 0 Å². The van der Waals surface area contributed by atoms with Gasteiger partial charge in [-0.05, 0) is 81.0 Å². The molecule has 0 radical (unpaired) electrons. The first-order chi connectivity index (χ1) is 8.28. The fraction of sp³-hybridized carbons (Fsp3) is 0.875. The highest BCUT2D eigenvalue weighted by Gasteiger charge is 2.49. The highest BCUT2D eigenvalue weighted by molar-refractivity contribution is 5.00. The number of hydrogen-bond donors (Lipinski definition) is 1. The Bertz CT molecular complexity index is 255. The van der Waals surface area contributed by atoms with E-state index >= 15 is 0 Å². The molecular weight excluding hydrogens is 208 g/mol. The van der Waals surface area contributed by atoms with Crippen molar-refractivity contribution in [1.29, 1.82) is 0 Å². The van der Waals surface area contributed by atoms with Crippen LogP contribution in [0.25, 0.3) is 0 Å². The molecule has 4 rings (SSSR count). The first kappa shape index (κ1) is 11.8. The Morgan fingerprint density at radius 2 is 1.65 bits per heavy atom. The summed E-state index contributed by atoms with van der Waals surface area (Å²) in [7, 11) is 0. The minimum absolute atomic E-state index is 0.0232. The summed E-state index contributed by atoms with van der Waals surface area (Å²) in [5.41, 5.74) is 0. The lowest BCUT2D eigenvalue weighted by atomic mass is 9.50. The first-order valence-corrected chi connectivity index (χ1v) is 7.57. The van der Waals surface area contributed by atoms with Gasteiger partial charge in [0.25, 0.3) is 0 Å². The van der Waals surface area contributed by atoms with Crippen molar-refractivity contribution in [3.63, 3.8) is 0 Å². The molecule has 1 N–H and O–H groups in total. The fourth-order valence-electron chi connectivity index (χ4n) is 5.26. The van der Waals surface area contributed by atoms with Gasteiger partial charge in [-0.1, -0.05) is 6.08 Å². The molecule has 0 saturated heterocycles. The molecule has 1 unspecified atom stereocenters. The van der Waals surface area contributed by atoms with Crippen molar-refractivity contribution >= 4 is 0 Å². The topological polar surface area (TPSA) is 20.2 Å². The van der Waals surface area contributed by atoms with Crippen molar-refractivity contribution in [2.24, 2.45) is 29.6 Å². The second kappa shape index (κ2) is 4.76. The van der Waals surface area contributed by atoms with E-state index in [0.29, 0.717) is 5.92 Å². The molecule has 17 heavy (non-hydrogen) atoms. The van der Waals surface area contributed by atoms with Gasteiger partial charge < -0.3 is 5.11 Å². The second-order valence-electron chi connectivity index (χ2n) is 6.79. The van der Waals surface area contributed by atoms with E-state index in [9.17, 15) is 5.11 Å². The number of allylic oxidation sites excluding steroid dienone is 1. The van der Waals surface area contributed by atoms with Gasteiger partial charge in [0.15, 0.2) is 0 Å². The van der Waals surface area contributed by atoms with E-state index in [4.69, 9.17) is 0 Å². The predicted molar refractivity (Wildman–Crippen MR) is 70.6 cm³/mol. The standard InChI is InChI=1S/C16H26O/c1-2-3-4-5-15(17)16-13-7-11-6-12(9-13)10-14(16)8-11/h2,11-17H,1,3-10H2. The summed E-state index contributed by atoms with van der Waals surface area (Å²) in [6.45, 7) is 3.76. The third-order valence-electron chi connectivity index (χ3n) is 5.65. The van der Waals surface area contributed by atoms with Crippen LogP contribution in [0.4, 0.5) is 0 Å². The normalized spacial score (nSPS) is 44.9. The first-order valence-electron chi connectivity index (χ1n) is 7.57. The summed E-state index contributed by atoms with van der Waals surface area (Å²) >= 11 is 0. The minimum atomic E-state index is -0.0232. The van der Waals surface area contributed by atoms with Crippen molar-refractivity contribution in [2.75, 3.05) is 0 Å². The lowest BCUT2D eigenvalue weighted by molar-refractivity contribution is -0.0913. The summed E-state index contributed by atoms with van der Waals surface area (Å²) in [6, 6.07) is 0. The third kappa shape index (κ3) is 2.19. The van der Waals surface area contributed by atoms with Crippen LogP contribution in [-0.4, -0.2) is 11.2 Å². The van der Waals surface area contributed by atoms with Crippen LogP contribution in [0.2, 0.25) is 0 Å². The highest BCUT2D eigenvalue weighted by atomic mass is 16.3. The van der Waals surface area contributed by atoms with E-state index in [1.807, 2.05) is 6.08 Å². The zero-order valence-corrected chi connectivity index (χ0v) is 10.9. The van der Waals surface area contributed by atoms with Crippen LogP contribution in [0.3, 0.4) is 0 Å². The fourth-order valence-corrected chi connectivity index (χ4v) is 5.26. The smallest absolute Gasteiger partial charge is 0.0573 e. The van der Waals surface area contributed by atoms with Crippen LogP contribution in [0.5, 0.6) is 0 Å². The maximum atomic E-state index is 10.5. The molecular formula is C16H26O. The molecule has 96 valence electrons. The largest absolute Gasteiger partial charge is 0.393 e. The third-order valence-corrected chi connectivity index (χ3v) is 5.65. The van der Waals surface area contributed by atoms with Gasteiger partial charge in [-0.15, -0.1) is 6.58 Å². The average molecular weight is 234 g/mol. The Labute approximate surface area is 105 Å². The Morgan fingerprint density at radius 3 is 2.18 bits per heavy atom. The molecule has 4 aliphatic rings. The lowest BCUT2D eigenvalue weighted by Crippen LogP contribution is -2.49. The van der Waals surface area contributed by atoms with Crippen LogP contribution in [-0.2, 0) is 0 Å². The van der Waals surface area contributed by atoms with Crippen LogP contribution in [0.1, 0.15) is 51.4 Å². The van der Waals surface area contributed by atoms with Crippen LogP contribution in [0, 0.1) is 29.6 Å². The zero-order valence-electron chi connectivity index (χ0n) is 10.9. The van der Waals surface area contributed by atoms with Crippen molar-refractivity contribution in [2.45, 2.75) is 57.5 Å². The summed E-state index contributed by atoms with van der Waals surface area (Å²) in [4.78, 5) is 0. The quantitative estimate of drug-likeness (QED) is 0.567. The monoisotopic (exact) mass is 234 g/mol. The summed E-state index contributed by atoms with van der Waals surface area (Å²) in [5.74, 6) is 4.42. The molecule has 4 saturated carbocycles. The summed E-state index contributed by atoms with van der Waals surface area (Å²) in [5, 5.41) is 10.5. The van der Waals surface area contributed by atoms with Crippen molar-refractivity contribution < 1.29 is 5.11 Å². The molecule has 4 bridgehead atoms. The second-order valence-corrected chi connectivity index (χ2v) is 6.79. The van der Waals surface area contributed by atoms with Crippen LogP contribution in [0.15, 0.2) is 12.7 Å². The zero-order chi connectivity index (χ0) is 11.8. The van der Waals surface area contributed by atoms with Gasteiger partial charge in [0.05, 0.1) is 6.10 Å². The molecule has 4 aliphatic carbocycles. The van der Waals surface area contributed by atoms with E-state index in [0.717, 1.165) is 42.9 Å². The molecule has 0 amide bonds. The number of unbranched alkanes of at least 4 members (excludes halogenated alkanes) is 1. The van der Waals surface area contributed by atoms with Gasteiger partial charge in [-0.3, -0.25) is 0 Å². The van der Waals surface area contributed by atoms with Gasteiger partial charge >= 0.3 is 0 Å². The maximum absolute atomic E-state index is 10.5. The predicted octanol–water partition coefficient (Wildman–Crippen LogP) is 3.78. The van der Waals surface area contributed by atoms with Gasteiger partial charge in [-0.25, -0.2) is 0 Å². The summed E-state index contributed by atoms with van der Waals surface area (Å²) < 4.78 is 0. The average Bonchev–Trinajstić information content (AvgIpc) is 2.27. The van der Waals surface area contributed by atoms with Gasteiger partial charge in [0.1, 0.15) is 0 Å². The van der Waals surface area contributed by atoms with Crippen LogP contribution >= 0.6 is 0 Å². The Kier molecular flexibility index (Phi) is 3.30. The number of aliphatic hydroxyl groups is 1. The molecule has 1 heteroatoms. The molecule has 1 nitrogen and oxygen atoms in total. The van der Waals surface area contributed by atoms with Gasteiger partial charge in [0.2, 0.25) is 0 Å². The van der Waals surface area contributed by atoms with E-state index in [1.54, 1.807) is 0 Å². The highest BCUT2D eigenvalue weighted by Crippen LogP contribution is 2.57. The van der Waals surface area contributed by atoms with Gasteiger partial charge in [0, 0.05) is 0 Å². The molecule has 0 aromatic carbocycles. The Hall–Kier alpha value is -0.300. The van der Waals surface area contributed by atoms with Gasteiger partial charge in [-0.2, -0.15) is 0 Å². The molecule has 4 fully saturated rings. The van der Waals surface area contributed by atoms with E-state index in [2.05, 4.69) is 6.58 Å². The van der Waals surface area contributed by atoms with Crippen molar-refractivity contribution in [3.05, 3.63) is 12.7 Å². The number of hydrogen-bond acceptors (Lipinski definition) is 1. The molecule has 1 atom stereocenters. The maximum Gasteiger partial charge on any atom is 0.0573 e. The van der Waals surface area contributed by atoms with E-state index in [1.165, 1.54) is 32.1 Å². The molecule has 0 aromatic heterocycles. The van der Waals surface area contributed by atoms with Crippen molar-refractivity contribution in [3.8, 4) is 0 Å². The minimum Gasteiger partial charge on any atom is -0.393 e.